The second-order valence-corrected chi connectivity index (χ2v) is 4.59. The van der Waals surface area contributed by atoms with Crippen molar-refractivity contribution < 1.29 is 9.53 Å². The molecule has 1 amide bonds. The van der Waals surface area contributed by atoms with Crippen LogP contribution in [0.2, 0.25) is 0 Å². The summed E-state index contributed by atoms with van der Waals surface area (Å²) in [6.07, 6.45) is 6.29. The number of nitrogens with one attached hydrogen (secondary N) is 1. The predicted octanol–water partition coefficient (Wildman–Crippen LogP) is 2.02. The monoisotopic (exact) mass is 273 g/mol. The number of rotatable bonds is 6. The van der Waals surface area contributed by atoms with E-state index in [2.05, 4.69) is 10.3 Å². The van der Waals surface area contributed by atoms with Crippen LogP contribution in [0.25, 0.3) is 0 Å². The zero-order chi connectivity index (χ0) is 14.4. The Bertz CT molecular complexity index is 565. The molecule has 106 valence electrons. The normalized spacial score (nSPS) is 10.3. The summed E-state index contributed by atoms with van der Waals surface area (Å²) in [7, 11) is 1.61. The second-order valence-electron chi connectivity index (χ2n) is 4.59. The molecule has 5 heteroatoms. The number of ether oxygens (including phenoxy) is 1. The largest absolute Gasteiger partial charge is 0.496 e. The third kappa shape index (κ3) is 3.60. The van der Waals surface area contributed by atoms with E-state index in [1.807, 2.05) is 29.8 Å². The Labute approximate surface area is 118 Å². The molecule has 1 aromatic carbocycles. The van der Waals surface area contributed by atoms with E-state index >= 15 is 0 Å². The Kier molecular flexibility index (Phi) is 4.76. The first-order valence-corrected chi connectivity index (χ1v) is 6.59. The van der Waals surface area contributed by atoms with Gasteiger partial charge in [0.15, 0.2) is 0 Å². The molecule has 0 saturated carbocycles. The van der Waals surface area contributed by atoms with Gasteiger partial charge < -0.3 is 14.6 Å². The van der Waals surface area contributed by atoms with Gasteiger partial charge in [-0.2, -0.15) is 0 Å². The van der Waals surface area contributed by atoms with Crippen LogP contribution in [0, 0.1) is 6.92 Å². The van der Waals surface area contributed by atoms with Gasteiger partial charge in [0, 0.05) is 31.0 Å². The maximum atomic E-state index is 12.0. The van der Waals surface area contributed by atoms with Crippen molar-refractivity contribution in [2.75, 3.05) is 13.7 Å². The molecule has 0 radical (unpaired) electrons. The zero-order valence-corrected chi connectivity index (χ0v) is 11.8. The number of imidazole rings is 1. The first-order chi connectivity index (χ1) is 9.70. The van der Waals surface area contributed by atoms with Crippen molar-refractivity contribution >= 4 is 5.91 Å². The highest BCUT2D eigenvalue weighted by Gasteiger charge is 2.07. The second kappa shape index (κ2) is 6.75. The molecule has 0 aliphatic carbocycles. The van der Waals surface area contributed by atoms with Gasteiger partial charge in [0.05, 0.1) is 13.4 Å². The van der Waals surface area contributed by atoms with E-state index in [9.17, 15) is 4.79 Å². The Balaban J connectivity index is 1.82. The summed E-state index contributed by atoms with van der Waals surface area (Å²) in [6.45, 7) is 3.43. The molecule has 5 nitrogen and oxygen atoms in total. The zero-order valence-electron chi connectivity index (χ0n) is 11.8. The first-order valence-electron chi connectivity index (χ1n) is 6.59. The molecule has 2 aromatic rings. The van der Waals surface area contributed by atoms with Crippen LogP contribution in [0.15, 0.2) is 36.9 Å². The maximum absolute atomic E-state index is 12.0. The van der Waals surface area contributed by atoms with E-state index in [0.29, 0.717) is 12.1 Å². The van der Waals surface area contributed by atoms with E-state index in [0.717, 1.165) is 24.3 Å². The summed E-state index contributed by atoms with van der Waals surface area (Å²) in [4.78, 5) is 16.0. The summed E-state index contributed by atoms with van der Waals surface area (Å²) in [5, 5.41) is 2.90. The number of carbonyl (C=O) groups excluding carboxylic acids is 1. The van der Waals surface area contributed by atoms with Crippen molar-refractivity contribution in [1.82, 2.24) is 14.9 Å². The van der Waals surface area contributed by atoms with Gasteiger partial charge in [-0.3, -0.25) is 4.79 Å². The third-order valence-corrected chi connectivity index (χ3v) is 3.11. The average Bonchev–Trinajstić information content (AvgIpc) is 2.97. The van der Waals surface area contributed by atoms with Crippen LogP contribution in [-0.4, -0.2) is 29.1 Å². The van der Waals surface area contributed by atoms with E-state index < -0.39 is 0 Å². The topological polar surface area (TPSA) is 56.1 Å². The molecule has 2 rings (SSSR count). The molecular formula is C15H19N3O2. The van der Waals surface area contributed by atoms with Crippen molar-refractivity contribution in [1.29, 1.82) is 0 Å². The SMILES string of the molecule is COc1cc(C(=O)NCCCn2ccnc2)ccc1C. The van der Waals surface area contributed by atoms with Gasteiger partial charge in [-0.1, -0.05) is 6.07 Å². The highest BCUT2D eigenvalue weighted by molar-refractivity contribution is 5.94. The number of aromatic nitrogens is 2. The average molecular weight is 273 g/mol. The number of aryl methyl sites for hydroxylation is 2. The van der Waals surface area contributed by atoms with Crippen LogP contribution in [0.5, 0.6) is 5.75 Å². The van der Waals surface area contributed by atoms with Crippen LogP contribution in [0.4, 0.5) is 0 Å². The molecule has 1 aromatic heterocycles. The third-order valence-electron chi connectivity index (χ3n) is 3.11. The quantitative estimate of drug-likeness (QED) is 0.819. The molecule has 0 bridgehead atoms. The van der Waals surface area contributed by atoms with Gasteiger partial charge in [0.25, 0.3) is 5.91 Å². The molecule has 20 heavy (non-hydrogen) atoms. The number of benzene rings is 1. The van der Waals surface area contributed by atoms with Gasteiger partial charge in [-0.25, -0.2) is 4.98 Å². The summed E-state index contributed by atoms with van der Waals surface area (Å²) in [5.74, 6) is 0.657. The van der Waals surface area contributed by atoms with E-state index in [4.69, 9.17) is 4.74 Å². The summed E-state index contributed by atoms with van der Waals surface area (Å²) in [6, 6.07) is 5.46. The fourth-order valence-electron chi connectivity index (χ4n) is 1.95. The van der Waals surface area contributed by atoms with Crippen molar-refractivity contribution in [3.63, 3.8) is 0 Å². The predicted molar refractivity (Wildman–Crippen MR) is 76.9 cm³/mol. The van der Waals surface area contributed by atoms with E-state index in [1.54, 1.807) is 25.7 Å². The van der Waals surface area contributed by atoms with Gasteiger partial charge in [0.2, 0.25) is 0 Å². The Morgan fingerprint density at radius 3 is 3.00 bits per heavy atom. The Hall–Kier alpha value is -2.30. The molecule has 0 saturated heterocycles. The summed E-state index contributed by atoms with van der Waals surface area (Å²) >= 11 is 0. The van der Waals surface area contributed by atoms with Crippen LogP contribution in [-0.2, 0) is 6.54 Å². The molecule has 0 spiro atoms. The Morgan fingerprint density at radius 1 is 1.45 bits per heavy atom. The van der Waals surface area contributed by atoms with Gasteiger partial charge in [-0.05, 0) is 31.0 Å². The molecule has 0 aliphatic rings. The number of hydrogen-bond donors (Lipinski definition) is 1. The smallest absolute Gasteiger partial charge is 0.251 e. The number of carbonyl (C=O) groups is 1. The van der Waals surface area contributed by atoms with Crippen molar-refractivity contribution in [3.05, 3.63) is 48.0 Å². The lowest BCUT2D eigenvalue weighted by atomic mass is 10.1. The van der Waals surface area contributed by atoms with E-state index in [-0.39, 0.29) is 5.91 Å². The lowest BCUT2D eigenvalue weighted by Crippen LogP contribution is -2.25. The molecule has 0 fully saturated rings. The molecule has 1 heterocycles. The molecule has 0 unspecified atom stereocenters. The lowest BCUT2D eigenvalue weighted by Gasteiger charge is -2.09. The van der Waals surface area contributed by atoms with Gasteiger partial charge in [0.1, 0.15) is 5.75 Å². The molecule has 0 atom stereocenters. The lowest BCUT2D eigenvalue weighted by molar-refractivity contribution is 0.0952. The Morgan fingerprint density at radius 2 is 2.30 bits per heavy atom. The minimum Gasteiger partial charge on any atom is -0.496 e. The molecule has 1 N–H and O–H groups in total. The van der Waals surface area contributed by atoms with Crippen LogP contribution >= 0.6 is 0 Å². The van der Waals surface area contributed by atoms with Crippen LogP contribution in [0.3, 0.4) is 0 Å². The fourth-order valence-corrected chi connectivity index (χ4v) is 1.95. The highest BCUT2D eigenvalue weighted by Crippen LogP contribution is 2.18. The standard InChI is InChI=1S/C15H19N3O2/c1-12-4-5-13(10-14(12)20-2)15(19)17-6-3-8-18-9-7-16-11-18/h4-5,7,9-11H,3,6,8H2,1-2H3,(H,17,19). The number of amides is 1. The van der Waals surface area contributed by atoms with Crippen molar-refractivity contribution in [2.45, 2.75) is 19.9 Å². The van der Waals surface area contributed by atoms with Crippen LogP contribution in [0.1, 0.15) is 22.3 Å². The van der Waals surface area contributed by atoms with Gasteiger partial charge >= 0.3 is 0 Å². The fraction of sp³-hybridized carbons (Fsp3) is 0.333. The first kappa shape index (κ1) is 14.1. The maximum Gasteiger partial charge on any atom is 0.251 e. The van der Waals surface area contributed by atoms with Gasteiger partial charge in [-0.15, -0.1) is 0 Å². The highest BCUT2D eigenvalue weighted by atomic mass is 16.5. The number of methoxy groups -OCH3 is 1. The molecular weight excluding hydrogens is 254 g/mol. The van der Waals surface area contributed by atoms with Crippen LogP contribution < -0.4 is 10.1 Å². The molecule has 0 aliphatic heterocycles. The van der Waals surface area contributed by atoms with E-state index in [1.165, 1.54) is 0 Å². The summed E-state index contributed by atoms with van der Waals surface area (Å²) < 4.78 is 7.21. The van der Waals surface area contributed by atoms with Crippen molar-refractivity contribution in [2.24, 2.45) is 0 Å². The number of nitrogens with zero attached hydrogens (tertiary/aromatic N) is 2. The van der Waals surface area contributed by atoms with Crippen molar-refractivity contribution in [3.8, 4) is 5.75 Å². The minimum absolute atomic E-state index is 0.0751. The minimum atomic E-state index is -0.0751. The number of hydrogen-bond acceptors (Lipinski definition) is 3. The summed E-state index contributed by atoms with van der Waals surface area (Å²) in [5.41, 5.74) is 1.64.